The van der Waals surface area contributed by atoms with Crippen LogP contribution in [0.3, 0.4) is 0 Å². The molecule has 4 nitrogen and oxygen atoms in total. The fourth-order valence-electron chi connectivity index (χ4n) is 1.84. The van der Waals surface area contributed by atoms with Crippen LogP contribution in [-0.2, 0) is 4.79 Å². The second-order valence-corrected chi connectivity index (χ2v) is 4.51. The van der Waals surface area contributed by atoms with Crippen molar-refractivity contribution in [3.05, 3.63) is 54.3 Å². The first-order valence-electron chi connectivity index (χ1n) is 6.17. The van der Waals surface area contributed by atoms with Crippen molar-refractivity contribution in [1.82, 2.24) is 0 Å². The van der Waals surface area contributed by atoms with Gasteiger partial charge in [0.1, 0.15) is 5.82 Å². The monoisotopic (exact) mass is 273 g/mol. The first kappa shape index (κ1) is 13.9. The predicted molar refractivity (Wildman–Crippen MR) is 79.2 cm³/mol. The molecule has 0 atom stereocenters. The number of anilines is 3. The molecular formula is C15H16FN3O. The van der Waals surface area contributed by atoms with Crippen LogP contribution >= 0.6 is 0 Å². The molecule has 2 rings (SSSR count). The van der Waals surface area contributed by atoms with Crippen molar-refractivity contribution in [2.45, 2.75) is 0 Å². The fourth-order valence-corrected chi connectivity index (χ4v) is 1.84. The molecule has 104 valence electrons. The molecule has 3 N–H and O–H groups in total. The quantitative estimate of drug-likeness (QED) is 0.841. The van der Waals surface area contributed by atoms with Gasteiger partial charge in [-0.05, 0) is 36.4 Å². The highest BCUT2D eigenvalue weighted by Crippen LogP contribution is 2.15. The normalized spacial score (nSPS) is 10.1. The van der Waals surface area contributed by atoms with Gasteiger partial charge >= 0.3 is 0 Å². The Balaban J connectivity index is 1.97. The van der Waals surface area contributed by atoms with E-state index in [-0.39, 0.29) is 18.3 Å². The second-order valence-electron chi connectivity index (χ2n) is 4.51. The van der Waals surface area contributed by atoms with Crippen LogP contribution in [0.15, 0.2) is 48.5 Å². The van der Waals surface area contributed by atoms with Crippen molar-refractivity contribution in [3.8, 4) is 0 Å². The number of rotatable bonds is 4. The van der Waals surface area contributed by atoms with Crippen LogP contribution in [0.2, 0.25) is 0 Å². The predicted octanol–water partition coefficient (Wildman–Crippen LogP) is 2.48. The summed E-state index contributed by atoms with van der Waals surface area (Å²) in [4.78, 5) is 13.6. The van der Waals surface area contributed by atoms with Crippen LogP contribution in [-0.4, -0.2) is 19.5 Å². The van der Waals surface area contributed by atoms with Gasteiger partial charge in [0.15, 0.2) is 0 Å². The number of carbonyl (C=O) groups is 1. The minimum Gasteiger partial charge on any atom is -0.399 e. The van der Waals surface area contributed by atoms with Crippen molar-refractivity contribution in [2.24, 2.45) is 0 Å². The van der Waals surface area contributed by atoms with E-state index in [4.69, 9.17) is 5.73 Å². The van der Waals surface area contributed by atoms with E-state index in [0.717, 1.165) is 0 Å². The summed E-state index contributed by atoms with van der Waals surface area (Å²) in [7, 11) is 1.73. The topological polar surface area (TPSA) is 58.4 Å². The molecule has 0 bridgehead atoms. The summed E-state index contributed by atoms with van der Waals surface area (Å²) in [5.74, 6) is -0.520. The molecule has 0 heterocycles. The molecule has 0 unspecified atom stereocenters. The van der Waals surface area contributed by atoms with Crippen molar-refractivity contribution in [3.63, 3.8) is 0 Å². The van der Waals surface area contributed by atoms with Crippen LogP contribution in [0.25, 0.3) is 0 Å². The third-order valence-corrected chi connectivity index (χ3v) is 2.80. The number of halogens is 1. The minimum absolute atomic E-state index is 0.123. The fraction of sp³-hybridized carbons (Fsp3) is 0.133. The molecule has 0 radical (unpaired) electrons. The van der Waals surface area contributed by atoms with E-state index < -0.39 is 0 Å². The molecule has 5 heteroatoms. The van der Waals surface area contributed by atoms with Crippen LogP contribution in [0.4, 0.5) is 21.5 Å². The molecule has 0 aromatic heterocycles. The number of hydrogen-bond donors (Lipinski definition) is 2. The van der Waals surface area contributed by atoms with Crippen molar-refractivity contribution in [1.29, 1.82) is 0 Å². The van der Waals surface area contributed by atoms with Crippen LogP contribution in [0.5, 0.6) is 0 Å². The van der Waals surface area contributed by atoms with Gasteiger partial charge in [0.25, 0.3) is 0 Å². The van der Waals surface area contributed by atoms with Gasteiger partial charge in [-0.25, -0.2) is 4.39 Å². The van der Waals surface area contributed by atoms with Gasteiger partial charge in [-0.1, -0.05) is 12.1 Å². The van der Waals surface area contributed by atoms with E-state index >= 15 is 0 Å². The summed E-state index contributed by atoms with van der Waals surface area (Å²) in [6.45, 7) is 0.123. The van der Waals surface area contributed by atoms with E-state index in [1.807, 2.05) is 0 Å². The Morgan fingerprint density at radius 2 is 2.00 bits per heavy atom. The Morgan fingerprint density at radius 3 is 2.70 bits per heavy atom. The lowest BCUT2D eigenvalue weighted by Crippen LogP contribution is -2.30. The van der Waals surface area contributed by atoms with Crippen LogP contribution < -0.4 is 16.0 Å². The summed E-state index contributed by atoms with van der Waals surface area (Å²) in [6.07, 6.45) is 0. The van der Waals surface area contributed by atoms with Gasteiger partial charge < -0.3 is 16.0 Å². The molecule has 0 saturated heterocycles. The molecule has 2 aromatic rings. The zero-order valence-electron chi connectivity index (χ0n) is 11.1. The van der Waals surface area contributed by atoms with E-state index in [0.29, 0.717) is 17.1 Å². The van der Waals surface area contributed by atoms with Gasteiger partial charge in [-0.15, -0.1) is 0 Å². The third-order valence-electron chi connectivity index (χ3n) is 2.80. The number of nitrogens with two attached hydrogens (primary N) is 1. The Hall–Kier alpha value is -2.56. The Labute approximate surface area is 117 Å². The number of benzene rings is 2. The summed E-state index contributed by atoms with van der Waals surface area (Å²) in [5.41, 5.74) is 7.51. The van der Waals surface area contributed by atoms with Crippen molar-refractivity contribution in [2.75, 3.05) is 29.5 Å². The van der Waals surface area contributed by atoms with Crippen LogP contribution in [0.1, 0.15) is 0 Å². The summed E-state index contributed by atoms with van der Waals surface area (Å²) < 4.78 is 13.1. The molecule has 0 aliphatic carbocycles. The van der Waals surface area contributed by atoms with Gasteiger partial charge in [0.2, 0.25) is 5.91 Å². The number of hydrogen-bond acceptors (Lipinski definition) is 3. The van der Waals surface area contributed by atoms with Crippen molar-refractivity contribution >= 4 is 23.0 Å². The Morgan fingerprint density at radius 1 is 1.25 bits per heavy atom. The maximum absolute atomic E-state index is 13.1. The molecule has 0 aliphatic heterocycles. The number of amides is 1. The smallest absolute Gasteiger partial charge is 0.243 e. The SMILES string of the molecule is CN(CC(=O)Nc1cccc(N)c1)c1cccc(F)c1. The number of nitrogens with zero attached hydrogens (tertiary/aromatic N) is 1. The molecular weight excluding hydrogens is 257 g/mol. The highest BCUT2D eigenvalue weighted by Gasteiger charge is 2.08. The molecule has 0 aliphatic rings. The van der Waals surface area contributed by atoms with E-state index in [1.54, 1.807) is 48.3 Å². The lowest BCUT2D eigenvalue weighted by molar-refractivity contribution is -0.114. The largest absolute Gasteiger partial charge is 0.399 e. The Bertz CT molecular complexity index is 616. The lowest BCUT2D eigenvalue weighted by Gasteiger charge is -2.18. The first-order valence-corrected chi connectivity index (χ1v) is 6.17. The van der Waals surface area contributed by atoms with E-state index in [2.05, 4.69) is 5.32 Å². The van der Waals surface area contributed by atoms with Crippen LogP contribution in [0, 0.1) is 5.82 Å². The lowest BCUT2D eigenvalue weighted by atomic mass is 10.2. The van der Waals surface area contributed by atoms with E-state index in [1.165, 1.54) is 12.1 Å². The first-order chi connectivity index (χ1) is 9.54. The number of carbonyl (C=O) groups excluding carboxylic acids is 1. The summed E-state index contributed by atoms with van der Waals surface area (Å²) >= 11 is 0. The maximum Gasteiger partial charge on any atom is 0.243 e. The standard InChI is InChI=1S/C15H16FN3O/c1-19(14-7-2-4-11(16)8-14)10-15(20)18-13-6-3-5-12(17)9-13/h2-9H,10,17H2,1H3,(H,18,20). The highest BCUT2D eigenvalue weighted by molar-refractivity contribution is 5.94. The molecule has 0 fully saturated rings. The molecule has 2 aromatic carbocycles. The van der Waals surface area contributed by atoms with Gasteiger partial charge in [0.05, 0.1) is 6.54 Å². The number of nitrogen functional groups attached to an aromatic ring is 1. The number of likely N-dealkylation sites (N-methyl/N-ethyl adjacent to an activating group) is 1. The Kier molecular flexibility index (Phi) is 4.20. The molecule has 0 saturated carbocycles. The second kappa shape index (κ2) is 6.06. The molecule has 20 heavy (non-hydrogen) atoms. The average Bonchev–Trinajstić information content (AvgIpc) is 2.38. The van der Waals surface area contributed by atoms with E-state index in [9.17, 15) is 9.18 Å². The van der Waals surface area contributed by atoms with Gasteiger partial charge in [0, 0.05) is 24.1 Å². The highest BCUT2D eigenvalue weighted by atomic mass is 19.1. The molecule has 0 spiro atoms. The molecule has 1 amide bonds. The zero-order valence-corrected chi connectivity index (χ0v) is 11.1. The summed E-state index contributed by atoms with van der Waals surface area (Å²) in [6, 6.07) is 13.1. The van der Waals surface area contributed by atoms with Gasteiger partial charge in [-0.3, -0.25) is 4.79 Å². The minimum atomic E-state index is -0.328. The zero-order chi connectivity index (χ0) is 14.5. The maximum atomic E-state index is 13.1. The van der Waals surface area contributed by atoms with Gasteiger partial charge in [-0.2, -0.15) is 0 Å². The average molecular weight is 273 g/mol. The third kappa shape index (κ3) is 3.71. The number of nitrogens with one attached hydrogen (secondary N) is 1. The van der Waals surface area contributed by atoms with Crippen molar-refractivity contribution < 1.29 is 9.18 Å². The summed E-state index contributed by atoms with van der Waals surface area (Å²) in [5, 5.41) is 2.74.